The van der Waals surface area contributed by atoms with E-state index in [0.717, 1.165) is 38.5 Å². The number of rotatable bonds is 4. The van der Waals surface area contributed by atoms with Crippen molar-refractivity contribution in [3.63, 3.8) is 0 Å². The Kier molecular flexibility index (Phi) is 6.71. The van der Waals surface area contributed by atoms with Gasteiger partial charge in [0.1, 0.15) is 11.9 Å². The van der Waals surface area contributed by atoms with E-state index < -0.39 is 0 Å². The maximum absolute atomic E-state index is 13.0. The van der Waals surface area contributed by atoms with Crippen LogP contribution in [0.3, 0.4) is 0 Å². The fourth-order valence-electron chi connectivity index (χ4n) is 12.1. The molecule has 0 aromatic rings. The van der Waals surface area contributed by atoms with E-state index in [9.17, 15) is 14.4 Å². The van der Waals surface area contributed by atoms with Gasteiger partial charge in [0.2, 0.25) is 0 Å². The topological polar surface area (TPSA) is 69.7 Å². The molecule has 5 saturated carbocycles. The van der Waals surface area contributed by atoms with Crippen LogP contribution in [-0.2, 0) is 23.9 Å². The number of carbonyl (C=O) groups is 3. The summed E-state index contributed by atoms with van der Waals surface area (Å²) in [5.41, 5.74) is 0.532. The van der Waals surface area contributed by atoms with Crippen LogP contribution >= 0.6 is 0 Å². The SMILES string of the molecule is CC(=O)OC[C@@]12CC[C@H](C(C)=O)[C@H]1[C@@H]1CC[C@H]3[C@]4(C)CC[C@H](OC(C)=O)C(C)(C)[C@@H]4CC[C@]3(C)[C@@]1(C)CC2. The van der Waals surface area contributed by atoms with Gasteiger partial charge in [-0.25, -0.2) is 0 Å². The zero-order chi connectivity index (χ0) is 27.9. The lowest BCUT2D eigenvalue weighted by molar-refractivity contribution is -0.252. The second-order valence-electron chi connectivity index (χ2n) is 15.6. The first-order valence-electron chi connectivity index (χ1n) is 15.4. The molecule has 0 saturated heterocycles. The normalized spacial score (nSPS) is 49.1. The van der Waals surface area contributed by atoms with Crippen LogP contribution in [0.2, 0.25) is 0 Å². The van der Waals surface area contributed by atoms with E-state index in [1.165, 1.54) is 32.6 Å². The third-order valence-electron chi connectivity index (χ3n) is 13.9. The van der Waals surface area contributed by atoms with E-state index >= 15 is 0 Å². The van der Waals surface area contributed by atoms with Gasteiger partial charge < -0.3 is 9.47 Å². The number of carbonyl (C=O) groups excluding carboxylic acids is 3. The van der Waals surface area contributed by atoms with Crippen LogP contribution in [0.4, 0.5) is 0 Å². The Morgan fingerprint density at radius 2 is 1.42 bits per heavy atom. The maximum atomic E-state index is 13.0. The first kappa shape index (κ1) is 28.1. The fraction of sp³-hybridized carbons (Fsp3) is 0.909. The first-order chi connectivity index (χ1) is 17.6. The van der Waals surface area contributed by atoms with E-state index in [0.29, 0.717) is 36.1 Å². The number of esters is 2. The average molecular weight is 529 g/mol. The summed E-state index contributed by atoms with van der Waals surface area (Å²) in [5.74, 6) is 2.05. The Balaban J connectivity index is 1.49. The fourth-order valence-corrected chi connectivity index (χ4v) is 12.1. The highest BCUT2D eigenvalue weighted by Crippen LogP contribution is 2.77. The summed E-state index contributed by atoms with van der Waals surface area (Å²) in [5, 5.41) is 0. The van der Waals surface area contributed by atoms with Crippen molar-refractivity contribution in [3.8, 4) is 0 Å². The minimum absolute atomic E-state index is 0.000688. The molecule has 214 valence electrons. The van der Waals surface area contributed by atoms with E-state index in [2.05, 4.69) is 34.6 Å². The molecule has 5 fully saturated rings. The van der Waals surface area contributed by atoms with Crippen LogP contribution in [0.5, 0.6) is 0 Å². The van der Waals surface area contributed by atoms with E-state index in [1.807, 2.05) is 0 Å². The third-order valence-corrected chi connectivity index (χ3v) is 13.9. The molecule has 0 unspecified atom stereocenters. The average Bonchev–Trinajstić information content (AvgIpc) is 3.20. The van der Waals surface area contributed by atoms with Crippen molar-refractivity contribution in [2.75, 3.05) is 6.61 Å². The van der Waals surface area contributed by atoms with Crippen molar-refractivity contribution in [2.24, 2.45) is 56.7 Å². The predicted octanol–water partition coefficient (Wildman–Crippen LogP) is 7.15. The molecule has 0 N–H and O–H groups in total. The van der Waals surface area contributed by atoms with Crippen LogP contribution in [0, 0.1) is 56.7 Å². The van der Waals surface area contributed by atoms with Crippen molar-refractivity contribution >= 4 is 17.7 Å². The van der Waals surface area contributed by atoms with Crippen LogP contribution < -0.4 is 0 Å². The van der Waals surface area contributed by atoms with E-state index in [4.69, 9.17) is 9.47 Å². The molecule has 0 spiro atoms. The molecule has 0 radical (unpaired) electrons. The van der Waals surface area contributed by atoms with Crippen molar-refractivity contribution in [1.82, 2.24) is 0 Å². The lowest BCUT2D eigenvalue weighted by Gasteiger charge is -2.73. The lowest BCUT2D eigenvalue weighted by Crippen LogP contribution is -2.67. The van der Waals surface area contributed by atoms with Crippen molar-refractivity contribution in [3.05, 3.63) is 0 Å². The Morgan fingerprint density at radius 3 is 2.05 bits per heavy atom. The Morgan fingerprint density at radius 1 is 0.711 bits per heavy atom. The zero-order valence-electron chi connectivity index (χ0n) is 25.3. The summed E-state index contributed by atoms with van der Waals surface area (Å²) in [6.45, 7) is 17.8. The number of ketones is 1. The molecule has 0 bridgehead atoms. The van der Waals surface area contributed by atoms with Gasteiger partial charge in [-0.2, -0.15) is 0 Å². The van der Waals surface area contributed by atoms with Gasteiger partial charge in [0, 0.05) is 30.6 Å². The van der Waals surface area contributed by atoms with Crippen LogP contribution in [0.25, 0.3) is 0 Å². The van der Waals surface area contributed by atoms with Gasteiger partial charge in [0.25, 0.3) is 0 Å². The number of ether oxygens (including phenoxy) is 2. The summed E-state index contributed by atoms with van der Waals surface area (Å²) >= 11 is 0. The first-order valence-corrected chi connectivity index (χ1v) is 15.4. The zero-order valence-corrected chi connectivity index (χ0v) is 25.3. The predicted molar refractivity (Wildman–Crippen MR) is 147 cm³/mol. The summed E-state index contributed by atoms with van der Waals surface area (Å²) in [7, 11) is 0. The smallest absolute Gasteiger partial charge is 0.302 e. The van der Waals surface area contributed by atoms with Crippen LogP contribution in [0.15, 0.2) is 0 Å². The second-order valence-corrected chi connectivity index (χ2v) is 15.6. The van der Waals surface area contributed by atoms with Gasteiger partial charge >= 0.3 is 11.9 Å². The molecule has 5 aliphatic rings. The van der Waals surface area contributed by atoms with Crippen molar-refractivity contribution < 1.29 is 23.9 Å². The Labute approximate surface area is 230 Å². The van der Waals surface area contributed by atoms with Crippen molar-refractivity contribution in [1.29, 1.82) is 0 Å². The highest BCUT2D eigenvalue weighted by atomic mass is 16.5. The number of hydrogen-bond donors (Lipinski definition) is 0. The van der Waals surface area contributed by atoms with Crippen LogP contribution in [0.1, 0.15) is 120 Å². The Hall–Kier alpha value is -1.39. The largest absolute Gasteiger partial charge is 0.465 e. The molecule has 0 aliphatic heterocycles. The minimum atomic E-state index is -0.202. The number of Topliss-reactive ketones (excluding diaryl/α,β-unsaturated/α-hetero) is 1. The van der Waals surface area contributed by atoms with Crippen LogP contribution in [-0.4, -0.2) is 30.4 Å². The van der Waals surface area contributed by atoms with Crippen molar-refractivity contribution in [2.45, 2.75) is 126 Å². The molecule has 0 heterocycles. The summed E-state index contributed by atoms with van der Waals surface area (Å²) < 4.78 is 11.6. The highest BCUT2D eigenvalue weighted by molar-refractivity contribution is 5.79. The molecule has 0 aromatic carbocycles. The van der Waals surface area contributed by atoms with E-state index in [-0.39, 0.29) is 51.0 Å². The molecule has 5 nitrogen and oxygen atoms in total. The standard InChI is InChI=1S/C33H52O5/c1-20(34)23-11-16-33(19-37-21(2)35)18-17-31(7)24(28(23)33)9-10-26-30(6)14-13-27(38-22(3)36)29(4,5)25(30)12-15-32(26,31)8/h23-28H,9-19H2,1-8H3/t23-,24+,25+,26+,27+,28+,30-,31+,32+,33+/m1/s1. The molecule has 5 aliphatic carbocycles. The molecule has 0 aromatic heterocycles. The van der Waals surface area contributed by atoms with E-state index in [1.54, 1.807) is 13.8 Å². The summed E-state index contributed by atoms with van der Waals surface area (Å²) in [6, 6.07) is 0. The van der Waals surface area contributed by atoms with Gasteiger partial charge in [-0.3, -0.25) is 14.4 Å². The molecule has 0 amide bonds. The molecule has 5 rings (SSSR count). The monoisotopic (exact) mass is 528 g/mol. The molecular weight excluding hydrogens is 476 g/mol. The highest BCUT2D eigenvalue weighted by Gasteiger charge is 2.71. The quantitative estimate of drug-likeness (QED) is 0.362. The minimum Gasteiger partial charge on any atom is -0.465 e. The van der Waals surface area contributed by atoms with Gasteiger partial charge in [-0.05, 0) is 111 Å². The van der Waals surface area contributed by atoms with Gasteiger partial charge in [0.15, 0.2) is 0 Å². The van der Waals surface area contributed by atoms with Gasteiger partial charge in [0.05, 0.1) is 6.61 Å². The summed E-state index contributed by atoms with van der Waals surface area (Å²) in [4.78, 5) is 36.8. The lowest BCUT2D eigenvalue weighted by atomic mass is 9.32. The second kappa shape index (κ2) is 9.06. The molecule has 10 atom stereocenters. The summed E-state index contributed by atoms with van der Waals surface area (Å²) in [6.07, 6.45) is 11.0. The molecule has 5 heteroatoms. The third kappa shape index (κ3) is 3.79. The Bertz CT molecular complexity index is 1000. The molecular formula is C33H52O5. The van der Waals surface area contributed by atoms with Gasteiger partial charge in [-0.1, -0.05) is 34.6 Å². The number of fused-ring (bicyclic) bond motifs is 7. The maximum Gasteiger partial charge on any atom is 0.302 e. The molecule has 38 heavy (non-hydrogen) atoms. The number of hydrogen-bond acceptors (Lipinski definition) is 5. The van der Waals surface area contributed by atoms with Gasteiger partial charge in [-0.15, -0.1) is 0 Å².